The van der Waals surface area contributed by atoms with Gasteiger partial charge in [0, 0.05) is 0 Å². The average molecular weight is 236 g/mol. The molecule has 9 heavy (non-hydrogen) atoms. The summed E-state index contributed by atoms with van der Waals surface area (Å²) in [6.07, 6.45) is 5.67. The standard InChI is InChI=1S/C6H9N2.HI/c1-6-5-8(2)4-3-7-6;/h3-5H,1-2H3;1H/q+1;/p-1. The van der Waals surface area contributed by atoms with Crippen LogP contribution in [0, 0.1) is 6.92 Å². The maximum Gasteiger partial charge on any atom is 0.189 e. The first-order valence-electron chi connectivity index (χ1n) is 2.57. The molecular formula is C6H9IN2. The van der Waals surface area contributed by atoms with Crippen LogP contribution in [0.3, 0.4) is 0 Å². The molecule has 2 nitrogen and oxygen atoms in total. The summed E-state index contributed by atoms with van der Waals surface area (Å²) in [5, 5.41) is 0. The van der Waals surface area contributed by atoms with Crippen LogP contribution in [-0.4, -0.2) is 4.98 Å². The molecule has 0 radical (unpaired) electrons. The maximum atomic E-state index is 4.02. The van der Waals surface area contributed by atoms with E-state index in [-0.39, 0.29) is 24.0 Å². The monoisotopic (exact) mass is 236 g/mol. The molecule has 1 aromatic rings. The highest BCUT2D eigenvalue weighted by Gasteiger charge is 1.88. The molecule has 0 atom stereocenters. The normalized spacial score (nSPS) is 8.22. The zero-order chi connectivity index (χ0) is 5.98. The second kappa shape index (κ2) is 3.76. The SMILES string of the molecule is Cc1c[n+](C)ccn1.[I-]. The predicted molar refractivity (Wildman–Crippen MR) is 30.1 cm³/mol. The third-order valence-corrected chi connectivity index (χ3v) is 0.970. The summed E-state index contributed by atoms with van der Waals surface area (Å²) in [5.74, 6) is 0. The number of aromatic nitrogens is 2. The van der Waals surface area contributed by atoms with E-state index in [0.717, 1.165) is 5.69 Å². The lowest BCUT2D eigenvalue weighted by Crippen LogP contribution is -3.00. The molecule has 1 aromatic heterocycles. The fourth-order valence-electron chi connectivity index (χ4n) is 0.627. The van der Waals surface area contributed by atoms with Crippen LogP contribution < -0.4 is 28.5 Å². The van der Waals surface area contributed by atoms with Crippen molar-refractivity contribution >= 4 is 0 Å². The number of hydrogen-bond donors (Lipinski definition) is 0. The molecule has 0 spiro atoms. The number of rotatable bonds is 0. The van der Waals surface area contributed by atoms with Gasteiger partial charge >= 0.3 is 0 Å². The molecule has 0 unspecified atom stereocenters. The Morgan fingerprint density at radius 2 is 2.22 bits per heavy atom. The minimum absolute atomic E-state index is 0. The summed E-state index contributed by atoms with van der Waals surface area (Å²) in [7, 11) is 1.98. The van der Waals surface area contributed by atoms with Crippen LogP contribution in [-0.2, 0) is 7.05 Å². The van der Waals surface area contributed by atoms with Crippen LogP contribution >= 0.6 is 0 Å². The molecule has 0 aliphatic carbocycles. The van der Waals surface area contributed by atoms with Crippen LogP contribution in [0.4, 0.5) is 0 Å². The second-order valence-corrected chi connectivity index (χ2v) is 1.86. The van der Waals surface area contributed by atoms with Gasteiger partial charge in [-0.1, -0.05) is 0 Å². The molecule has 0 aliphatic rings. The van der Waals surface area contributed by atoms with E-state index in [1.54, 1.807) is 6.20 Å². The van der Waals surface area contributed by atoms with Crippen LogP contribution in [0.25, 0.3) is 0 Å². The predicted octanol–water partition coefficient (Wildman–Crippen LogP) is -2.78. The van der Waals surface area contributed by atoms with Gasteiger partial charge in [0.25, 0.3) is 0 Å². The van der Waals surface area contributed by atoms with Gasteiger partial charge in [-0.3, -0.25) is 0 Å². The minimum atomic E-state index is 0. The van der Waals surface area contributed by atoms with Crippen molar-refractivity contribution < 1.29 is 28.5 Å². The Morgan fingerprint density at radius 1 is 1.56 bits per heavy atom. The zero-order valence-electron chi connectivity index (χ0n) is 5.50. The lowest BCUT2D eigenvalue weighted by Gasteiger charge is -1.84. The highest BCUT2D eigenvalue weighted by molar-refractivity contribution is 4.83. The number of hydrogen-bond acceptors (Lipinski definition) is 1. The fourth-order valence-corrected chi connectivity index (χ4v) is 0.627. The van der Waals surface area contributed by atoms with Crippen molar-refractivity contribution in [1.82, 2.24) is 4.98 Å². The number of halogens is 1. The van der Waals surface area contributed by atoms with Crippen LogP contribution in [0.1, 0.15) is 5.69 Å². The summed E-state index contributed by atoms with van der Waals surface area (Å²) in [6, 6.07) is 0. The highest BCUT2D eigenvalue weighted by atomic mass is 127. The Kier molecular flexibility index (Phi) is 3.68. The first-order valence-corrected chi connectivity index (χ1v) is 2.57. The molecule has 50 valence electrons. The average Bonchev–Trinajstić information content (AvgIpc) is 1.64. The number of aryl methyl sites for hydroxylation is 2. The maximum absolute atomic E-state index is 4.02. The molecule has 1 heterocycles. The largest absolute Gasteiger partial charge is 1.00 e. The van der Waals surface area contributed by atoms with Gasteiger partial charge in [-0.15, -0.1) is 0 Å². The topological polar surface area (TPSA) is 16.8 Å². The Bertz CT molecular complexity index is 171. The van der Waals surface area contributed by atoms with E-state index < -0.39 is 0 Å². The van der Waals surface area contributed by atoms with Crippen LogP contribution in [0.2, 0.25) is 0 Å². The van der Waals surface area contributed by atoms with Crippen molar-refractivity contribution in [2.75, 3.05) is 0 Å². The lowest BCUT2D eigenvalue weighted by molar-refractivity contribution is -0.672. The summed E-state index contributed by atoms with van der Waals surface area (Å²) in [4.78, 5) is 4.02. The Morgan fingerprint density at radius 3 is 2.56 bits per heavy atom. The third-order valence-electron chi connectivity index (χ3n) is 0.970. The van der Waals surface area contributed by atoms with Crippen molar-refractivity contribution in [3.8, 4) is 0 Å². The summed E-state index contributed by atoms with van der Waals surface area (Å²) < 4.78 is 1.97. The Labute approximate surface area is 72.0 Å². The summed E-state index contributed by atoms with van der Waals surface area (Å²) in [6.45, 7) is 1.97. The molecule has 0 amide bonds. The van der Waals surface area contributed by atoms with E-state index in [4.69, 9.17) is 0 Å². The molecule has 0 fully saturated rings. The molecule has 0 bridgehead atoms. The van der Waals surface area contributed by atoms with Crippen molar-refractivity contribution in [2.45, 2.75) is 6.92 Å². The Balaban J connectivity index is 0.000000640. The van der Waals surface area contributed by atoms with E-state index >= 15 is 0 Å². The van der Waals surface area contributed by atoms with Gasteiger partial charge in [-0.05, 0) is 6.92 Å². The molecular weight excluding hydrogens is 227 g/mol. The zero-order valence-corrected chi connectivity index (χ0v) is 7.66. The third kappa shape index (κ3) is 2.74. The van der Waals surface area contributed by atoms with E-state index in [2.05, 4.69) is 4.98 Å². The van der Waals surface area contributed by atoms with E-state index in [0.29, 0.717) is 0 Å². The van der Waals surface area contributed by atoms with Gasteiger partial charge in [-0.2, -0.15) is 0 Å². The first kappa shape index (κ1) is 8.81. The minimum Gasteiger partial charge on any atom is -1.00 e. The van der Waals surface area contributed by atoms with Crippen molar-refractivity contribution in [3.63, 3.8) is 0 Å². The summed E-state index contributed by atoms with van der Waals surface area (Å²) in [5.41, 5.74) is 1.05. The number of nitrogens with zero attached hydrogens (tertiary/aromatic N) is 2. The van der Waals surface area contributed by atoms with E-state index in [1.165, 1.54) is 0 Å². The van der Waals surface area contributed by atoms with Crippen molar-refractivity contribution in [3.05, 3.63) is 24.3 Å². The van der Waals surface area contributed by atoms with Crippen LogP contribution in [0.15, 0.2) is 18.6 Å². The van der Waals surface area contributed by atoms with Crippen molar-refractivity contribution in [2.24, 2.45) is 7.05 Å². The van der Waals surface area contributed by atoms with Crippen molar-refractivity contribution in [1.29, 1.82) is 0 Å². The molecule has 3 heteroatoms. The highest BCUT2D eigenvalue weighted by Crippen LogP contribution is 1.79. The lowest BCUT2D eigenvalue weighted by atomic mass is 10.5. The summed E-state index contributed by atoms with van der Waals surface area (Å²) >= 11 is 0. The first-order chi connectivity index (χ1) is 3.79. The Hall–Kier alpha value is -0.190. The van der Waals surface area contributed by atoms with Crippen LogP contribution in [0.5, 0.6) is 0 Å². The molecule has 0 aromatic carbocycles. The molecule has 0 aliphatic heterocycles. The van der Waals surface area contributed by atoms with E-state index in [9.17, 15) is 0 Å². The van der Waals surface area contributed by atoms with E-state index in [1.807, 2.05) is 30.9 Å². The molecule has 1 rings (SSSR count). The molecule has 0 N–H and O–H groups in total. The fraction of sp³-hybridized carbons (Fsp3) is 0.333. The quantitative estimate of drug-likeness (QED) is 0.352. The second-order valence-electron chi connectivity index (χ2n) is 1.86. The van der Waals surface area contributed by atoms with Gasteiger partial charge in [-0.25, -0.2) is 9.55 Å². The van der Waals surface area contributed by atoms with Gasteiger partial charge in [0.1, 0.15) is 12.7 Å². The van der Waals surface area contributed by atoms with Gasteiger partial charge < -0.3 is 24.0 Å². The molecule has 0 saturated heterocycles. The van der Waals surface area contributed by atoms with Gasteiger partial charge in [0.15, 0.2) is 12.4 Å². The van der Waals surface area contributed by atoms with Gasteiger partial charge in [0.05, 0.1) is 6.20 Å². The smallest absolute Gasteiger partial charge is 0.189 e. The molecule has 0 saturated carbocycles. The van der Waals surface area contributed by atoms with Gasteiger partial charge in [0.2, 0.25) is 0 Å².